The minimum Gasteiger partial charge on any atom is -0.481 e. The summed E-state index contributed by atoms with van der Waals surface area (Å²) in [6, 6.07) is 0. The highest BCUT2D eigenvalue weighted by molar-refractivity contribution is 5.78. The Bertz CT molecular complexity index is 199. The molecule has 0 aliphatic rings. The van der Waals surface area contributed by atoms with E-state index in [2.05, 4.69) is 6.92 Å². The van der Waals surface area contributed by atoms with Crippen LogP contribution in [-0.2, 0) is 9.59 Å². The molecule has 0 bridgehead atoms. The average Bonchev–Trinajstić information content (AvgIpc) is 2.22. The molecule has 0 aliphatic carbocycles. The predicted molar refractivity (Wildman–Crippen MR) is 64.5 cm³/mol. The first-order valence-electron chi connectivity index (χ1n) is 6.40. The number of carboxylic acid groups (broad SMARTS) is 1. The Kier molecular flexibility index (Phi) is 10.1. The first kappa shape index (κ1) is 15.1. The van der Waals surface area contributed by atoms with Crippen molar-refractivity contribution in [3.05, 3.63) is 0 Å². The number of aliphatic carboxylic acids is 1. The highest BCUT2D eigenvalue weighted by atomic mass is 16.4. The van der Waals surface area contributed by atoms with E-state index in [0.29, 0.717) is 19.3 Å². The Labute approximate surface area is 98.2 Å². The topological polar surface area (TPSA) is 54.4 Å². The number of Topliss-reactive ketones (excluding diaryl/α,β-unsaturated/α-hetero) is 1. The molecule has 0 saturated heterocycles. The summed E-state index contributed by atoms with van der Waals surface area (Å²) in [5.41, 5.74) is 0. The largest absolute Gasteiger partial charge is 0.481 e. The highest BCUT2D eigenvalue weighted by Gasteiger charge is 2.03. The lowest BCUT2D eigenvalue weighted by Gasteiger charge is -2.00. The van der Waals surface area contributed by atoms with Gasteiger partial charge in [0.15, 0.2) is 0 Å². The maximum atomic E-state index is 11.3. The SMILES string of the molecule is CCCCCCCCC(=O)CCCC(=O)O. The van der Waals surface area contributed by atoms with Crippen molar-refractivity contribution in [2.75, 3.05) is 0 Å². The normalized spacial score (nSPS) is 10.3. The van der Waals surface area contributed by atoms with Crippen LogP contribution in [0.25, 0.3) is 0 Å². The molecule has 3 nitrogen and oxygen atoms in total. The van der Waals surface area contributed by atoms with Crippen LogP contribution in [0.4, 0.5) is 0 Å². The Morgan fingerprint density at radius 2 is 1.38 bits per heavy atom. The van der Waals surface area contributed by atoms with Gasteiger partial charge in [-0.3, -0.25) is 9.59 Å². The molecule has 16 heavy (non-hydrogen) atoms. The Hall–Kier alpha value is -0.860. The van der Waals surface area contributed by atoms with Crippen LogP contribution in [0.1, 0.15) is 71.1 Å². The zero-order valence-electron chi connectivity index (χ0n) is 10.3. The van der Waals surface area contributed by atoms with Gasteiger partial charge in [0, 0.05) is 19.3 Å². The van der Waals surface area contributed by atoms with Gasteiger partial charge in [-0.2, -0.15) is 0 Å². The van der Waals surface area contributed by atoms with Crippen molar-refractivity contribution in [3.63, 3.8) is 0 Å². The van der Waals surface area contributed by atoms with Crippen LogP contribution < -0.4 is 0 Å². The summed E-state index contributed by atoms with van der Waals surface area (Å²) in [5, 5.41) is 8.41. The molecule has 0 fully saturated rings. The van der Waals surface area contributed by atoms with E-state index in [1.165, 1.54) is 25.7 Å². The maximum absolute atomic E-state index is 11.3. The van der Waals surface area contributed by atoms with E-state index < -0.39 is 5.97 Å². The lowest BCUT2D eigenvalue weighted by molar-refractivity contribution is -0.137. The first-order valence-corrected chi connectivity index (χ1v) is 6.40. The fourth-order valence-corrected chi connectivity index (χ4v) is 1.66. The third-order valence-corrected chi connectivity index (χ3v) is 2.66. The highest BCUT2D eigenvalue weighted by Crippen LogP contribution is 2.09. The van der Waals surface area contributed by atoms with Crippen LogP contribution in [0.15, 0.2) is 0 Å². The first-order chi connectivity index (χ1) is 7.66. The Balaban J connectivity index is 3.20. The minimum absolute atomic E-state index is 0.113. The maximum Gasteiger partial charge on any atom is 0.303 e. The van der Waals surface area contributed by atoms with Crippen molar-refractivity contribution in [1.29, 1.82) is 0 Å². The monoisotopic (exact) mass is 228 g/mol. The standard InChI is InChI=1S/C13H24O3/c1-2-3-4-5-6-7-9-12(14)10-8-11-13(15)16/h2-11H2,1H3,(H,15,16). The number of rotatable bonds is 11. The molecule has 0 unspecified atom stereocenters. The number of carboxylic acids is 1. The molecule has 0 aromatic heterocycles. The lowest BCUT2D eigenvalue weighted by atomic mass is 10.0. The molecule has 0 saturated carbocycles. The van der Waals surface area contributed by atoms with Crippen LogP contribution in [0.5, 0.6) is 0 Å². The smallest absolute Gasteiger partial charge is 0.303 e. The quantitative estimate of drug-likeness (QED) is 0.550. The molecule has 3 heteroatoms. The molecule has 0 rings (SSSR count). The summed E-state index contributed by atoms with van der Waals surface area (Å²) in [6.07, 6.45) is 8.78. The fourth-order valence-electron chi connectivity index (χ4n) is 1.66. The van der Waals surface area contributed by atoms with Gasteiger partial charge in [0.1, 0.15) is 5.78 Å². The van der Waals surface area contributed by atoms with Crippen molar-refractivity contribution >= 4 is 11.8 Å². The van der Waals surface area contributed by atoms with E-state index in [1.54, 1.807) is 0 Å². The number of unbranched alkanes of at least 4 members (excludes halogenated alkanes) is 5. The van der Waals surface area contributed by atoms with Gasteiger partial charge >= 0.3 is 5.97 Å². The van der Waals surface area contributed by atoms with Gasteiger partial charge in [0.25, 0.3) is 0 Å². The fraction of sp³-hybridized carbons (Fsp3) is 0.846. The van der Waals surface area contributed by atoms with Crippen LogP contribution in [0.2, 0.25) is 0 Å². The number of carbonyl (C=O) groups is 2. The van der Waals surface area contributed by atoms with Crippen LogP contribution >= 0.6 is 0 Å². The number of ketones is 1. The molecular formula is C13H24O3. The van der Waals surface area contributed by atoms with E-state index in [0.717, 1.165) is 12.8 Å². The third-order valence-electron chi connectivity index (χ3n) is 2.66. The van der Waals surface area contributed by atoms with Crippen LogP contribution in [0, 0.1) is 0 Å². The second-order valence-corrected chi connectivity index (χ2v) is 4.30. The molecule has 0 atom stereocenters. The summed E-state index contributed by atoms with van der Waals surface area (Å²) in [6.45, 7) is 2.19. The number of hydrogen-bond acceptors (Lipinski definition) is 2. The average molecular weight is 228 g/mol. The van der Waals surface area contributed by atoms with Crippen molar-refractivity contribution in [2.45, 2.75) is 71.1 Å². The van der Waals surface area contributed by atoms with Gasteiger partial charge in [0.2, 0.25) is 0 Å². The third kappa shape index (κ3) is 11.2. The molecule has 94 valence electrons. The van der Waals surface area contributed by atoms with Gasteiger partial charge in [-0.15, -0.1) is 0 Å². The predicted octanol–water partition coefficient (Wildman–Crippen LogP) is 3.56. The van der Waals surface area contributed by atoms with Crippen LogP contribution in [0.3, 0.4) is 0 Å². The molecule has 0 radical (unpaired) electrons. The van der Waals surface area contributed by atoms with E-state index in [-0.39, 0.29) is 12.2 Å². The van der Waals surface area contributed by atoms with Crippen molar-refractivity contribution in [2.24, 2.45) is 0 Å². The Morgan fingerprint density at radius 1 is 0.812 bits per heavy atom. The van der Waals surface area contributed by atoms with Gasteiger partial charge in [-0.1, -0.05) is 39.0 Å². The van der Waals surface area contributed by atoms with E-state index in [1.807, 2.05) is 0 Å². The second-order valence-electron chi connectivity index (χ2n) is 4.30. The van der Waals surface area contributed by atoms with Gasteiger partial charge in [0.05, 0.1) is 0 Å². The molecule has 0 spiro atoms. The summed E-state index contributed by atoms with van der Waals surface area (Å²) < 4.78 is 0. The summed E-state index contributed by atoms with van der Waals surface area (Å²) in [5.74, 6) is -0.593. The second kappa shape index (κ2) is 10.7. The molecule has 0 aromatic rings. The van der Waals surface area contributed by atoms with Crippen LogP contribution in [-0.4, -0.2) is 16.9 Å². The molecule has 1 N–H and O–H groups in total. The lowest BCUT2D eigenvalue weighted by Crippen LogP contribution is -2.00. The van der Waals surface area contributed by atoms with Gasteiger partial charge < -0.3 is 5.11 Å². The molecule has 0 aromatic carbocycles. The van der Waals surface area contributed by atoms with Gasteiger partial charge in [-0.25, -0.2) is 0 Å². The molecule has 0 heterocycles. The summed E-state index contributed by atoms with van der Waals surface area (Å²) >= 11 is 0. The minimum atomic E-state index is -0.813. The number of hydrogen-bond donors (Lipinski definition) is 1. The summed E-state index contributed by atoms with van der Waals surface area (Å²) in [7, 11) is 0. The van der Waals surface area contributed by atoms with Crippen molar-refractivity contribution < 1.29 is 14.7 Å². The van der Waals surface area contributed by atoms with E-state index in [9.17, 15) is 9.59 Å². The van der Waals surface area contributed by atoms with Crippen molar-refractivity contribution in [1.82, 2.24) is 0 Å². The number of carbonyl (C=O) groups excluding carboxylic acids is 1. The zero-order valence-corrected chi connectivity index (χ0v) is 10.3. The van der Waals surface area contributed by atoms with E-state index >= 15 is 0 Å². The molecule has 0 aliphatic heterocycles. The zero-order chi connectivity index (χ0) is 12.2. The van der Waals surface area contributed by atoms with E-state index in [4.69, 9.17) is 5.11 Å². The molecular weight excluding hydrogens is 204 g/mol. The Morgan fingerprint density at radius 3 is 2.00 bits per heavy atom. The summed E-state index contributed by atoms with van der Waals surface area (Å²) in [4.78, 5) is 21.6. The van der Waals surface area contributed by atoms with Crippen molar-refractivity contribution in [3.8, 4) is 0 Å². The van der Waals surface area contributed by atoms with Gasteiger partial charge in [-0.05, 0) is 12.8 Å². The molecule has 0 amide bonds.